The van der Waals surface area contributed by atoms with Crippen LogP contribution in [0.1, 0.15) is 23.9 Å². The van der Waals surface area contributed by atoms with E-state index in [1.54, 1.807) is 12.1 Å². The molecule has 2 aromatic carbocycles. The molecule has 0 radical (unpaired) electrons. The lowest BCUT2D eigenvalue weighted by atomic mass is 10.1. The van der Waals surface area contributed by atoms with Crippen LogP contribution < -0.4 is 10.1 Å². The number of aryl methyl sites for hydroxylation is 2. The van der Waals surface area contributed by atoms with Crippen molar-refractivity contribution < 1.29 is 9.53 Å². The second-order valence-corrected chi connectivity index (χ2v) is 9.74. The summed E-state index contributed by atoms with van der Waals surface area (Å²) in [7, 11) is 0. The number of ether oxygens (including phenoxy) is 1. The Hall–Kier alpha value is -2.88. The Morgan fingerprint density at radius 1 is 1.18 bits per heavy atom. The number of thiazole rings is 1. The van der Waals surface area contributed by atoms with Crippen LogP contribution in [0.5, 0.6) is 5.75 Å². The number of thioether (sulfide) groups is 1. The number of nitrogens with one attached hydrogen (secondary N) is 1. The summed E-state index contributed by atoms with van der Waals surface area (Å²) in [6, 6.07) is 13.5. The second-order valence-electron chi connectivity index (χ2n) is 7.54. The average molecular weight is 514 g/mol. The molecule has 0 spiro atoms. The first-order chi connectivity index (χ1) is 16.4. The third-order valence-electron chi connectivity index (χ3n) is 5.19. The van der Waals surface area contributed by atoms with Crippen molar-refractivity contribution >= 4 is 45.7 Å². The number of anilines is 1. The third kappa shape index (κ3) is 5.78. The summed E-state index contributed by atoms with van der Waals surface area (Å²) < 4.78 is 7.71. The summed E-state index contributed by atoms with van der Waals surface area (Å²) in [4.78, 5) is 17.1. The van der Waals surface area contributed by atoms with E-state index >= 15 is 0 Å². The first kappa shape index (κ1) is 24.3. The Labute approximate surface area is 211 Å². The molecule has 1 amide bonds. The normalized spacial score (nSPS) is 10.9. The van der Waals surface area contributed by atoms with Crippen molar-refractivity contribution in [1.82, 2.24) is 19.7 Å². The Kier molecular flexibility index (Phi) is 7.87. The number of nitrogens with zero attached hydrogens (tertiary/aromatic N) is 4. The van der Waals surface area contributed by atoms with Gasteiger partial charge in [0.25, 0.3) is 0 Å². The van der Waals surface area contributed by atoms with Gasteiger partial charge in [-0.3, -0.25) is 4.79 Å². The van der Waals surface area contributed by atoms with E-state index in [1.165, 1.54) is 34.2 Å². The maximum Gasteiger partial charge on any atom is 0.236 e. The lowest BCUT2D eigenvalue weighted by Crippen LogP contribution is -2.14. The van der Waals surface area contributed by atoms with Crippen LogP contribution in [0.2, 0.25) is 5.02 Å². The number of para-hydroxylation sites is 1. The van der Waals surface area contributed by atoms with E-state index in [0.717, 1.165) is 11.3 Å². The molecule has 0 aliphatic rings. The van der Waals surface area contributed by atoms with Crippen molar-refractivity contribution in [2.24, 2.45) is 0 Å². The minimum Gasteiger partial charge on any atom is -0.484 e. The van der Waals surface area contributed by atoms with Gasteiger partial charge in [0.05, 0.1) is 16.5 Å². The molecular weight excluding hydrogens is 490 g/mol. The van der Waals surface area contributed by atoms with E-state index in [1.807, 2.05) is 35.1 Å². The maximum absolute atomic E-state index is 12.5. The zero-order valence-corrected chi connectivity index (χ0v) is 21.4. The predicted octanol–water partition coefficient (Wildman–Crippen LogP) is 6.00. The fourth-order valence-corrected chi connectivity index (χ4v) is 4.95. The molecule has 34 heavy (non-hydrogen) atoms. The molecule has 1 N–H and O–H groups in total. The zero-order valence-electron chi connectivity index (χ0n) is 19.0. The van der Waals surface area contributed by atoms with Gasteiger partial charge in [0.2, 0.25) is 5.91 Å². The van der Waals surface area contributed by atoms with E-state index in [4.69, 9.17) is 16.3 Å². The van der Waals surface area contributed by atoms with Crippen molar-refractivity contribution in [1.29, 1.82) is 0 Å². The molecule has 0 aliphatic carbocycles. The number of carbonyl (C=O) groups excluding carboxylic acids is 1. The molecule has 2 heterocycles. The maximum atomic E-state index is 12.5. The number of halogens is 1. The SMILES string of the molecule is CCn1c(COc2ccccc2Cl)nnc1SCC(=O)Nc1nc(-c2ccc(C)c(C)c2)cs1. The Bertz CT molecular complexity index is 1300. The molecule has 176 valence electrons. The minimum atomic E-state index is -0.148. The van der Waals surface area contributed by atoms with Gasteiger partial charge in [-0.05, 0) is 50.1 Å². The van der Waals surface area contributed by atoms with Crippen LogP contribution in [0.15, 0.2) is 53.0 Å². The number of amides is 1. The summed E-state index contributed by atoms with van der Waals surface area (Å²) in [6.07, 6.45) is 0. The fourth-order valence-electron chi connectivity index (χ4n) is 3.20. The summed E-state index contributed by atoms with van der Waals surface area (Å²) in [6.45, 7) is 7.05. The highest BCUT2D eigenvalue weighted by molar-refractivity contribution is 7.99. The van der Waals surface area contributed by atoms with Crippen LogP contribution in [-0.2, 0) is 17.9 Å². The van der Waals surface area contributed by atoms with Gasteiger partial charge in [-0.2, -0.15) is 0 Å². The zero-order chi connectivity index (χ0) is 24.1. The summed E-state index contributed by atoms with van der Waals surface area (Å²) in [5.41, 5.74) is 4.34. The summed E-state index contributed by atoms with van der Waals surface area (Å²) in [5, 5.41) is 15.1. The molecule has 0 fully saturated rings. The third-order valence-corrected chi connectivity index (χ3v) is 7.23. The molecule has 0 saturated carbocycles. The van der Waals surface area contributed by atoms with Gasteiger partial charge in [0, 0.05) is 17.5 Å². The van der Waals surface area contributed by atoms with Gasteiger partial charge in [-0.1, -0.05) is 47.6 Å². The van der Waals surface area contributed by atoms with Gasteiger partial charge < -0.3 is 14.6 Å². The molecule has 0 saturated heterocycles. The molecule has 2 aromatic heterocycles. The van der Waals surface area contributed by atoms with Crippen molar-refractivity contribution in [3.63, 3.8) is 0 Å². The first-order valence-corrected chi connectivity index (χ1v) is 12.9. The predicted molar refractivity (Wildman–Crippen MR) is 138 cm³/mol. The van der Waals surface area contributed by atoms with Gasteiger partial charge >= 0.3 is 0 Å². The van der Waals surface area contributed by atoms with Gasteiger partial charge in [-0.15, -0.1) is 21.5 Å². The van der Waals surface area contributed by atoms with Gasteiger partial charge in [0.15, 0.2) is 16.1 Å². The van der Waals surface area contributed by atoms with E-state index in [-0.39, 0.29) is 18.3 Å². The number of hydrogen-bond donors (Lipinski definition) is 1. The monoisotopic (exact) mass is 513 g/mol. The smallest absolute Gasteiger partial charge is 0.236 e. The van der Waals surface area contributed by atoms with Gasteiger partial charge in [0.1, 0.15) is 12.4 Å². The van der Waals surface area contributed by atoms with Crippen molar-refractivity contribution in [2.45, 2.75) is 39.1 Å². The molecule has 4 rings (SSSR count). The molecule has 0 unspecified atom stereocenters. The molecule has 0 atom stereocenters. The van der Waals surface area contributed by atoms with Crippen LogP contribution in [0.4, 0.5) is 5.13 Å². The van der Waals surface area contributed by atoms with E-state index in [2.05, 4.69) is 46.5 Å². The quantitative estimate of drug-likeness (QED) is 0.276. The Morgan fingerprint density at radius 3 is 2.76 bits per heavy atom. The van der Waals surface area contributed by atoms with Gasteiger partial charge in [-0.25, -0.2) is 4.98 Å². The van der Waals surface area contributed by atoms with Crippen LogP contribution in [0.25, 0.3) is 11.3 Å². The molecule has 4 aromatic rings. The average Bonchev–Trinajstić information content (AvgIpc) is 3.45. The first-order valence-electron chi connectivity index (χ1n) is 10.7. The van der Waals surface area contributed by atoms with E-state index in [0.29, 0.717) is 33.4 Å². The Balaban J connectivity index is 1.34. The van der Waals surface area contributed by atoms with Crippen molar-refractivity contribution in [3.05, 3.63) is 69.8 Å². The van der Waals surface area contributed by atoms with Crippen molar-refractivity contribution in [2.75, 3.05) is 11.1 Å². The second kappa shape index (κ2) is 11.0. The van der Waals surface area contributed by atoms with E-state index < -0.39 is 0 Å². The lowest BCUT2D eigenvalue weighted by molar-refractivity contribution is -0.113. The molecule has 7 nitrogen and oxygen atoms in total. The molecular formula is C24H24ClN5O2S2. The lowest BCUT2D eigenvalue weighted by Gasteiger charge is -2.09. The number of hydrogen-bond acceptors (Lipinski definition) is 7. The molecule has 0 aliphatic heterocycles. The molecule has 0 bridgehead atoms. The van der Waals surface area contributed by atoms with Crippen LogP contribution in [-0.4, -0.2) is 31.4 Å². The summed E-state index contributed by atoms with van der Waals surface area (Å²) in [5.74, 6) is 1.31. The van der Waals surface area contributed by atoms with Crippen LogP contribution in [0, 0.1) is 13.8 Å². The van der Waals surface area contributed by atoms with Crippen LogP contribution in [0.3, 0.4) is 0 Å². The highest BCUT2D eigenvalue weighted by Crippen LogP contribution is 2.27. The number of aromatic nitrogens is 4. The fraction of sp³-hybridized carbons (Fsp3) is 0.250. The van der Waals surface area contributed by atoms with Crippen LogP contribution >= 0.6 is 34.7 Å². The highest BCUT2D eigenvalue weighted by atomic mass is 35.5. The highest BCUT2D eigenvalue weighted by Gasteiger charge is 2.15. The summed E-state index contributed by atoms with van der Waals surface area (Å²) >= 11 is 8.88. The number of benzene rings is 2. The Morgan fingerprint density at radius 2 is 2.00 bits per heavy atom. The standard InChI is InChI=1S/C24H24ClN5O2S2/c1-4-30-21(12-32-20-8-6-5-7-18(20)25)28-29-24(30)34-14-22(31)27-23-26-19(13-33-23)17-10-9-15(2)16(3)11-17/h5-11,13H,4,12,14H2,1-3H3,(H,26,27,31). The molecule has 10 heteroatoms. The largest absolute Gasteiger partial charge is 0.484 e. The van der Waals surface area contributed by atoms with E-state index in [9.17, 15) is 4.79 Å². The minimum absolute atomic E-state index is 0.148. The topological polar surface area (TPSA) is 81.9 Å². The number of rotatable bonds is 9. The number of carbonyl (C=O) groups is 1. The van der Waals surface area contributed by atoms with Crippen molar-refractivity contribution in [3.8, 4) is 17.0 Å².